The number of pyridine rings is 1. The molecule has 0 fully saturated rings. The molecule has 1 aromatic rings. The van der Waals surface area contributed by atoms with Crippen LogP contribution in [-0.4, -0.2) is 48.1 Å². The average molecular weight is 237 g/mol. The van der Waals surface area contributed by atoms with Crippen LogP contribution in [0.4, 0.5) is 5.82 Å². The minimum Gasteiger partial charge on any atom is -0.478 e. The van der Waals surface area contributed by atoms with Gasteiger partial charge in [-0.25, -0.2) is 9.78 Å². The highest BCUT2D eigenvalue weighted by Crippen LogP contribution is 2.10. The van der Waals surface area contributed by atoms with Crippen molar-refractivity contribution in [3.05, 3.63) is 23.4 Å². The van der Waals surface area contributed by atoms with Crippen molar-refractivity contribution < 1.29 is 9.90 Å². The first kappa shape index (κ1) is 13.4. The van der Waals surface area contributed by atoms with E-state index in [0.717, 1.165) is 25.3 Å². The fraction of sp³-hybridized carbons (Fsp3) is 0.500. The van der Waals surface area contributed by atoms with Crippen LogP contribution in [-0.2, 0) is 0 Å². The number of carbonyl (C=O) groups is 1. The number of anilines is 1. The number of hydrogen-bond acceptors (Lipinski definition) is 4. The summed E-state index contributed by atoms with van der Waals surface area (Å²) < 4.78 is 0. The summed E-state index contributed by atoms with van der Waals surface area (Å²) in [5, 5.41) is 12.0. The number of aryl methyl sites for hydroxylation is 1. The third kappa shape index (κ3) is 4.40. The zero-order valence-electron chi connectivity index (χ0n) is 10.5. The number of rotatable bonds is 6. The summed E-state index contributed by atoms with van der Waals surface area (Å²) in [6.07, 6.45) is 1.02. The number of aromatic nitrogens is 1. The molecule has 1 rings (SSSR count). The highest BCUT2D eigenvalue weighted by atomic mass is 16.4. The van der Waals surface area contributed by atoms with Crippen molar-refractivity contribution in [1.29, 1.82) is 0 Å². The summed E-state index contributed by atoms with van der Waals surface area (Å²) in [4.78, 5) is 17.1. The molecule has 0 saturated heterocycles. The van der Waals surface area contributed by atoms with Crippen LogP contribution in [0.25, 0.3) is 0 Å². The van der Waals surface area contributed by atoms with E-state index < -0.39 is 5.97 Å². The molecule has 0 bridgehead atoms. The van der Waals surface area contributed by atoms with Crippen LogP contribution in [0.5, 0.6) is 0 Å². The van der Waals surface area contributed by atoms with Gasteiger partial charge in [0.15, 0.2) is 0 Å². The van der Waals surface area contributed by atoms with Gasteiger partial charge in [0.2, 0.25) is 0 Å². The van der Waals surface area contributed by atoms with Gasteiger partial charge in [0.25, 0.3) is 0 Å². The third-order valence-electron chi connectivity index (χ3n) is 2.40. The van der Waals surface area contributed by atoms with E-state index in [1.165, 1.54) is 0 Å². The third-order valence-corrected chi connectivity index (χ3v) is 2.40. The highest BCUT2D eigenvalue weighted by molar-refractivity contribution is 5.89. The summed E-state index contributed by atoms with van der Waals surface area (Å²) in [6, 6.07) is 3.28. The van der Waals surface area contributed by atoms with Crippen molar-refractivity contribution >= 4 is 11.8 Å². The molecule has 0 spiro atoms. The summed E-state index contributed by atoms with van der Waals surface area (Å²) in [5.74, 6) is -0.208. The lowest BCUT2D eigenvalue weighted by Crippen LogP contribution is -2.16. The first-order valence-corrected chi connectivity index (χ1v) is 5.60. The van der Waals surface area contributed by atoms with E-state index in [1.807, 2.05) is 14.1 Å². The Morgan fingerprint density at radius 1 is 1.47 bits per heavy atom. The Morgan fingerprint density at radius 2 is 2.18 bits per heavy atom. The van der Waals surface area contributed by atoms with Gasteiger partial charge in [-0.2, -0.15) is 0 Å². The minimum absolute atomic E-state index is 0.254. The van der Waals surface area contributed by atoms with Gasteiger partial charge in [-0.3, -0.25) is 0 Å². The standard InChI is InChI=1S/C12H19N3O2/c1-9-10(12(16)17)5-6-11(14-9)13-7-4-8-15(2)3/h5-6H,4,7-8H2,1-3H3,(H,13,14)(H,16,17). The largest absolute Gasteiger partial charge is 0.478 e. The summed E-state index contributed by atoms with van der Waals surface area (Å²) in [7, 11) is 4.06. The summed E-state index contributed by atoms with van der Waals surface area (Å²) >= 11 is 0. The zero-order chi connectivity index (χ0) is 12.8. The van der Waals surface area contributed by atoms with E-state index in [-0.39, 0.29) is 5.56 Å². The maximum atomic E-state index is 10.8. The van der Waals surface area contributed by atoms with Crippen molar-refractivity contribution in [2.24, 2.45) is 0 Å². The zero-order valence-corrected chi connectivity index (χ0v) is 10.5. The van der Waals surface area contributed by atoms with Crippen LogP contribution in [0.3, 0.4) is 0 Å². The number of carboxylic acid groups (broad SMARTS) is 1. The second-order valence-corrected chi connectivity index (χ2v) is 4.22. The van der Waals surface area contributed by atoms with Crippen LogP contribution in [0, 0.1) is 6.92 Å². The van der Waals surface area contributed by atoms with Crippen molar-refractivity contribution in [2.75, 3.05) is 32.5 Å². The van der Waals surface area contributed by atoms with Gasteiger partial charge in [0.05, 0.1) is 11.3 Å². The van der Waals surface area contributed by atoms with E-state index in [0.29, 0.717) is 5.69 Å². The number of hydrogen-bond donors (Lipinski definition) is 2. The maximum Gasteiger partial charge on any atom is 0.337 e. The quantitative estimate of drug-likeness (QED) is 0.733. The SMILES string of the molecule is Cc1nc(NCCCN(C)C)ccc1C(=O)O. The molecular weight excluding hydrogens is 218 g/mol. The maximum absolute atomic E-state index is 10.8. The number of carboxylic acids is 1. The predicted molar refractivity (Wildman–Crippen MR) is 67.6 cm³/mol. The molecule has 2 N–H and O–H groups in total. The van der Waals surface area contributed by atoms with Crippen LogP contribution in [0.1, 0.15) is 22.5 Å². The lowest BCUT2D eigenvalue weighted by atomic mass is 10.2. The monoisotopic (exact) mass is 237 g/mol. The summed E-state index contributed by atoms with van der Waals surface area (Å²) in [6.45, 7) is 3.55. The number of nitrogens with one attached hydrogen (secondary N) is 1. The molecule has 0 radical (unpaired) electrons. The molecule has 0 saturated carbocycles. The fourth-order valence-electron chi connectivity index (χ4n) is 1.50. The molecule has 0 unspecified atom stereocenters. The van der Waals surface area contributed by atoms with E-state index in [4.69, 9.17) is 5.11 Å². The second-order valence-electron chi connectivity index (χ2n) is 4.22. The molecule has 0 amide bonds. The van der Waals surface area contributed by atoms with E-state index >= 15 is 0 Å². The Labute approximate surface area is 101 Å². The molecular formula is C12H19N3O2. The van der Waals surface area contributed by atoms with Crippen LogP contribution in [0.2, 0.25) is 0 Å². The minimum atomic E-state index is -0.936. The van der Waals surface area contributed by atoms with Crippen molar-refractivity contribution in [3.8, 4) is 0 Å². The Morgan fingerprint density at radius 3 is 2.71 bits per heavy atom. The highest BCUT2D eigenvalue weighted by Gasteiger charge is 2.08. The van der Waals surface area contributed by atoms with Crippen LogP contribution >= 0.6 is 0 Å². The van der Waals surface area contributed by atoms with Crippen LogP contribution in [0.15, 0.2) is 12.1 Å². The Kier molecular flexibility index (Phi) is 4.90. The van der Waals surface area contributed by atoms with E-state index in [1.54, 1.807) is 19.1 Å². The molecule has 5 heteroatoms. The van der Waals surface area contributed by atoms with Crippen molar-refractivity contribution in [1.82, 2.24) is 9.88 Å². The smallest absolute Gasteiger partial charge is 0.337 e. The Balaban J connectivity index is 2.50. The van der Waals surface area contributed by atoms with Gasteiger partial charge in [0, 0.05) is 6.54 Å². The molecule has 0 aliphatic heterocycles. The molecule has 0 atom stereocenters. The average Bonchev–Trinajstić information content (AvgIpc) is 2.23. The number of aromatic carboxylic acids is 1. The van der Waals surface area contributed by atoms with Gasteiger partial charge < -0.3 is 15.3 Å². The molecule has 0 aliphatic rings. The molecule has 5 nitrogen and oxygen atoms in total. The lowest BCUT2D eigenvalue weighted by molar-refractivity contribution is 0.0695. The first-order valence-electron chi connectivity index (χ1n) is 5.60. The van der Waals surface area contributed by atoms with Gasteiger partial charge in [0.1, 0.15) is 5.82 Å². The first-order chi connectivity index (χ1) is 8.00. The lowest BCUT2D eigenvalue weighted by Gasteiger charge is -2.10. The Bertz CT molecular complexity index is 391. The molecule has 0 aliphatic carbocycles. The molecule has 94 valence electrons. The predicted octanol–water partition coefficient (Wildman–Crippen LogP) is 1.45. The van der Waals surface area contributed by atoms with Gasteiger partial charge >= 0.3 is 5.97 Å². The van der Waals surface area contributed by atoms with Gasteiger partial charge in [-0.1, -0.05) is 0 Å². The van der Waals surface area contributed by atoms with E-state index in [9.17, 15) is 4.79 Å². The van der Waals surface area contributed by atoms with Crippen molar-refractivity contribution in [3.63, 3.8) is 0 Å². The van der Waals surface area contributed by atoms with E-state index in [2.05, 4.69) is 15.2 Å². The molecule has 1 aromatic heterocycles. The second kappa shape index (κ2) is 6.20. The summed E-state index contributed by atoms with van der Waals surface area (Å²) in [5.41, 5.74) is 0.791. The van der Waals surface area contributed by atoms with Gasteiger partial charge in [-0.15, -0.1) is 0 Å². The van der Waals surface area contributed by atoms with Gasteiger partial charge in [-0.05, 0) is 46.1 Å². The van der Waals surface area contributed by atoms with Crippen LogP contribution < -0.4 is 5.32 Å². The topological polar surface area (TPSA) is 65.5 Å². The Hall–Kier alpha value is -1.62. The molecule has 17 heavy (non-hydrogen) atoms. The van der Waals surface area contributed by atoms with Crippen molar-refractivity contribution in [2.45, 2.75) is 13.3 Å². The normalized spacial score (nSPS) is 10.6. The fourth-order valence-corrected chi connectivity index (χ4v) is 1.50. The molecule has 0 aromatic carbocycles. The molecule has 1 heterocycles. The number of nitrogens with zero attached hydrogens (tertiary/aromatic N) is 2.